The number of rotatable bonds is 5. The zero-order valence-corrected chi connectivity index (χ0v) is 15.6. The molecule has 2 amide bonds. The summed E-state index contributed by atoms with van der Waals surface area (Å²) in [6.07, 6.45) is 0.116. The van der Waals surface area contributed by atoms with Crippen molar-refractivity contribution in [1.82, 2.24) is 0 Å². The molecule has 0 aromatic heterocycles. The fourth-order valence-corrected chi connectivity index (χ4v) is 3.26. The first-order valence-electron chi connectivity index (χ1n) is 8.76. The van der Waals surface area contributed by atoms with Crippen LogP contribution in [0.4, 0.5) is 11.4 Å². The molecule has 0 saturated carbocycles. The molecule has 1 aliphatic rings. The largest absolute Gasteiger partial charge is 0.495 e. The molecule has 1 atom stereocenters. The number of amides is 2. The van der Waals surface area contributed by atoms with Crippen molar-refractivity contribution in [1.29, 1.82) is 0 Å². The molecule has 140 valence electrons. The number of benzene rings is 2. The Morgan fingerprint density at radius 3 is 2.63 bits per heavy atom. The number of methoxy groups -OCH3 is 1. The van der Waals surface area contributed by atoms with Gasteiger partial charge in [-0.2, -0.15) is 0 Å². The number of nitrogens with one attached hydrogen (secondary N) is 1. The van der Waals surface area contributed by atoms with Gasteiger partial charge in [0.2, 0.25) is 11.8 Å². The van der Waals surface area contributed by atoms with Crippen molar-refractivity contribution < 1.29 is 19.1 Å². The topological polar surface area (TPSA) is 75.7 Å². The normalized spacial score (nSPS) is 16.3. The van der Waals surface area contributed by atoms with Crippen molar-refractivity contribution in [2.45, 2.75) is 20.3 Å². The van der Waals surface area contributed by atoms with Gasteiger partial charge in [-0.1, -0.05) is 18.2 Å². The Balaban J connectivity index is 1.79. The summed E-state index contributed by atoms with van der Waals surface area (Å²) in [6.45, 7) is 3.66. The molecular formula is C21H22N2O4. The first-order chi connectivity index (χ1) is 12.9. The fraction of sp³-hybridized carbons (Fsp3) is 0.286. The molecule has 0 bridgehead atoms. The molecule has 6 heteroatoms. The van der Waals surface area contributed by atoms with Crippen LogP contribution in [0.2, 0.25) is 0 Å². The number of ether oxygens (including phenoxy) is 1. The average Bonchev–Trinajstić information content (AvgIpc) is 3.03. The van der Waals surface area contributed by atoms with Crippen molar-refractivity contribution >= 4 is 29.0 Å². The van der Waals surface area contributed by atoms with Crippen LogP contribution < -0.4 is 15.0 Å². The number of ketones is 1. The van der Waals surface area contributed by atoms with E-state index >= 15 is 0 Å². The molecule has 3 rings (SSSR count). The summed E-state index contributed by atoms with van der Waals surface area (Å²) in [6, 6.07) is 12.5. The Labute approximate surface area is 158 Å². The lowest BCUT2D eigenvalue weighted by molar-refractivity contribution is -0.122. The first-order valence-corrected chi connectivity index (χ1v) is 8.76. The number of hydrogen-bond acceptors (Lipinski definition) is 4. The van der Waals surface area contributed by atoms with Gasteiger partial charge in [0.1, 0.15) is 5.75 Å². The van der Waals surface area contributed by atoms with Crippen LogP contribution in [-0.2, 0) is 9.59 Å². The number of anilines is 2. The van der Waals surface area contributed by atoms with E-state index in [0.29, 0.717) is 22.7 Å². The SMILES string of the molecule is COc1ccc(C)cc1N1CC(C(=O)Nc2ccccc2C(C)=O)CC1=O. The van der Waals surface area contributed by atoms with Crippen LogP contribution in [0.15, 0.2) is 42.5 Å². The van der Waals surface area contributed by atoms with Crippen LogP contribution in [-0.4, -0.2) is 31.3 Å². The van der Waals surface area contributed by atoms with E-state index in [0.717, 1.165) is 5.56 Å². The van der Waals surface area contributed by atoms with Gasteiger partial charge in [-0.15, -0.1) is 0 Å². The molecule has 1 fully saturated rings. The second kappa shape index (κ2) is 7.61. The Kier molecular flexibility index (Phi) is 5.26. The lowest BCUT2D eigenvalue weighted by Gasteiger charge is -2.20. The van der Waals surface area contributed by atoms with Crippen molar-refractivity contribution in [3.05, 3.63) is 53.6 Å². The number of aryl methyl sites for hydroxylation is 1. The predicted octanol–water partition coefficient (Wildman–Crippen LogP) is 3.20. The fourth-order valence-electron chi connectivity index (χ4n) is 3.26. The average molecular weight is 366 g/mol. The van der Waals surface area contributed by atoms with Gasteiger partial charge >= 0.3 is 0 Å². The summed E-state index contributed by atoms with van der Waals surface area (Å²) in [4.78, 5) is 38.6. The second-order valence-corrected chi connectivity index (χ2v) is 6.67. The smallest absolute Gasteiger partial charge is 0.229 e. The molecular weight excluding hydrogens is 344 g/mol. The van der Waals surface area contributed by atoms with Crippen LogP contribution >= 0.6 is 0 Å². The maximum absolute atomic E-state index is 12.7. The minimum Gasteiger partial charge on any atom is -0.495 e. The first kappa shape index (κ1) is 18.6. The molecule has 1 saturated heterocycles. The van der Waals surface area contributed by atoms with Gasteiger partial charge in [-0.25, -0.2) is 0 Å². The quantitative estimate of drug-likeness (QED) is 0.825. The molecule has 1 unspecified atom stereocenters. The van der Waals surface area contributed by atoms with Gasteiger partial charge in [-0.3, -0.25) is 14.4 Å². The van der Waals surface area contributed by atoms with E-state index < -0.39 is 5.92 Å². The number of para-hydroxylation sites is 1. The molecule has 1 N–H and O–H groups in total. The van der Waals surface area contributed by atoms with Gasteiger partial charge in [0.25, 0.3) is 0 Å². The van der Waals surface area contributed by atoms with Crippen LogP contribution in [0.1, 0.15) is 29.3 Å². The summed E-state index contributed by atoms with van der Waals surface area (Å²) >= 11 is 0. The lowest BCUT2D eigenvalue weighted by atomic mass is 10.1. The lowest BCUT2D eigenvalue weighted by Crippen LogP contribution is -2.28. The van der Waals surface area contributed by atoms with Crippen molar-refractivity contribution in [2.24, 2.45) is 5.92 Å². The van der Waals surface area contributed by atoms with Crippen LogP contribution in [0, 0.1) is 12.8 Å². The van der Waals surface area contributed by atoms with E-state index in [4.69, 9.17) is 4.74 Å². The van der Waals surface area contributed by atoms with E-state index in [2.05, 4.69) is 5.32 Å². The summed E-state index contributed by atoms with van der Waals surface area (Å²) in [5.41, 5.74) is 2.59. The highest BCUT2D eigenvalue weighted by atomic mass is 16.5. The maximum atomic E-state index is 12.7. The third-order valence-electron chi connectivity index (χ3n) is 4.69. The van der Waals surface area contributed by atoms with Gasteiger partial charge in [0, 0.05) is 18.5 Å². The van der Waals surface area contributed by atoms with Gasteiger partial charge in [0.15, 0.2) is 5.78 Å². The van der Waals surface area contributed by atoms with Crippen LogP contribution in [0.3, 0.4) is 0 Å². The standard InChI is InChI=1S/C21H22N2O4/c1-13-8-9-19(27-3)18(10-13)23-12-15(11-20(23)25)21(26)22-17-7-5-4-6-16(17)14(2)24/h4-10,15H,11-12H2,1-3H3,(H,22,26). The molecule has 0 aliphatic carbocycles. The zero-order valence-electron chi connectivity index (χ0n) is 15.6. The summed E-state index contributed by atoms with van der Waals surface area (Å²) in [5, 5.41) is 2.80. The molecule has 2 aromatic carbocycles. The number of carbonyl (C=O) groups excluding carboxylic acids is 3. The summed E-state index contributed by atoms with van der Waals surface area (Å²) < 4.78 is 5.36. The predicted molar refractivity (Wildman–Crippen MR) is 103 cm³/mol. The Morgan fingerprint density at radius 2 is 1.93 bits per heavy atom. The number of carbonyl (C=O) groups is 3. The van der Waals surface area contributed by atoms with E-state index in [1.807, 2.05) is 25.1 Å². The van der Waals surface area contributed by atoms with Crippen LogP contribution in [0.25, 0.3) is 0 Å². The number of hydrogen-bond donors (Lipinski definition) is 1. The van der Waals surface area contributed by atoms with Crippen LogP contribution in [0.5, 0.6) is 5.75 Å². The molecule has 0 radical (unpaired) electrons. The highest BCUT2D eigenvalue weighted by Gasteiger charge is 2.36. The van der Waals surface area contributed by atoms with Gasteiger partial charge in [0.05, 0.1) is 24.4 Å². The Bertz CT molecular complexity index is 907. The molecule has 1 heterocycles. The summed E-state index contributed by atoms with van der Waals surface area (Å²) in [5.74, 6) is -0.427. The zero-order chi connectivity index (χ0) is 19.6. The minimum absolute atomic E-state index is 0.116. The molecule has 2 aromatic rings. The molecule has 27 heavy (non-hydrogen) atoms. The number of nitrogens with zero attached hydrogens (tertiary/aromatic N) is 1. The summed E-state index contributed by atoms with van der Waals surface area (Å²) in [7, 11) is 1.55. The number of Topliss-reactive ketones (excluding diaryl/α,β-unsaturated/α-hetero) is 1. The minimum atomic E-state index is -0.497. The monoisotopic (exact) mass is 366 g/mol. The van der Waals surface area contributed by atoms with Crippen molar-refractivity contribution in [3.8, 4) is 5.75 Å². The molecule has 0 spiro atoms. The van der Waals surface area contributed by atoms with Crippen molar-refractivity contribution in [3.63, 3.8) is 0 Å². The second-order valence-electron chi connectivity index (χ2n) is 6.67. The van der Waals surface area contributed by atoms with Crippen molar-refractivity contribution in [2.75, 3.05) is 23.9 Å². The molecule has 6 nitrogen and oxygen atoms in total. The maximum Gasteiger partial charge on any atom is 0.229 e. The van der Waals surface area contributed by atoms with Gasteiger partial charge < -0.3 is 15.0 Å². The van der Waals surface area contributed by atoms with E-state index in [9.17, 15) is 14.4 Å². The third kappa shape index (κ3) is 3.84. The van der Waals surface area contributed by atoms with E-state index in [-0.39, 0.29) is 30.6 Å². The Morgan fingerprint density at radius 1 is 1.19 bits per heavy atom. The highest BCUT2D eigenvalue weighted by molar-refractivity contribution is 6.07. The van der Waals surface area contributed by atoms with Gasteiger partial charge in [-0.05, 0) is 43.7 Å². The van der Waals surface area contributed by atoms with E-state index in [1.165, 1.54) is 6.92 Å². The highest BCUT2D eigenvalue weighted by Crippen LogP contribution is 2.34. The van der Waals surface area contributed by atoms with E-state index in [1.54, 1.807) is 36.3 Å². The Hall–Kier alpha value is -3.15. The molecule has 1 aliphatic heterocycles. The third-order valence-corrected chi connectivity index (χ3v) is 4.69.